The van der Waals surface area contributed by atoms with Crippen LogP contribution in [0.25, 0.3) is 0 Å². The Balaban J connectivity index is 2.00. The Morgan fingerprint density at radius 1 is 1.50 bits per heavy atom. The minimum absolute atomic E-state index is 0.122. The summed E-state index contributed by atoms with van der Waals surface area (Å²) < 4.78 is 10.3. The molecule has 2 rings (SSSR count). The molecule has 1 aliphatic heterocycles. The summed E-state index contributed by atoms with van der Waals surface area (Å²) >= 11 is 5.60. The predicted octanol–water partition coefficient (Wildman–Crippen LogP) is 1.25. The van der Waals surface area contributed by atoms with Crippen molar-refractivity contribution in [2.45, 2.75) is 12.5 Å². The van der Waals surface area contributed by atoms with Crippen LogP contribution in [-0.2, 0) is 9.53 Å². The summed E-state index contributed by atoms with van der Waals surface area (Å²) in [5, 5.41) is 8.84. The van der Waals surface area contributed by atoms with E-state index in [1.165, 1.54) is 17.0 Å². The first-order valence-corrected chi connectivity index (χ1v) is 5.82. The molecular weight excluding hydrogens is 262 g/mol. The molecule has 1 aromatic heterocycles. The molecule has 1 N–H and O–H groups in total. The SMILES string of the molecule is O=C(O)CC1CN(C(=O)c2ccc(Cl)o2)CCO1. The summed E-state index contributed by atoms with van der Waals surface area (Å²) in [6.45, 7) is 0.967. The zero-order valence-electron chi connectivity index (χ0n) is 9.47. The zero-order valence-corrected chi connectivity index (χ0v) is 10.2. The van der Waals surface area contributed by atoms with E-state index in [4.69, 9.17) is 25.9 Å². The maximum absolute atomic E-state index is 12.0. The Morgan fingerprint density at radius 3 is 2.89 bits per heavy atom. The number of nitrogens with zero attached hydrogens (tertiary/aromatic N) is 1. The average Bonchev–Trinajstić information content (AvgIpc) is 2.74. The number of hydrogen-bond acceptors (Lipinski definition) is 4. The van der Waals surface area contributed by atoms with Crippen molar-refractivity contribution in [1.82, 2.24) is 4.90 Å². The second-order valence-electron chi connectivity index (χ2n) is 3.95. The molecule has 0 bridgehead atoms. The molecule has 1 saturated heterocycles. The topological polar surface area (TPSA) is 80.0 Å². The van der Waals surface area contributed by atoms with Crippen molar-refractivity contribution >= 4 is 23.5 Å². The van der Waals surface area contributed by atoms with Crippen molar-refractivity contribution in [2.75, 3.05) is 19.7 Å². The summed E-state index contributed by atoms with van der Waals surface area (Å²) in [4.78, 5) is 24.1. The van der Waals surface area contributed by atoms with E-state index in [0.717, 1.165) is 0 Å². The predicted molar refractivity (Wildman–Crippen MR) is 61.6 cm³/mol. The standard InChI is InChI=1S/C11H12ClNO5/c12-9-2-1-8(18-9)11(16)13-3-4-17-7(6-13)5-10(14)15/h1-2,7H,3-6H2,(H,14,15). The molecule has 1 unspecified atom stereocenters. The lowest BCUT2D eigenvalue weighted by atomic mass is 10.2. The van der Waals surface area contributed by atoms with Gasteiger partial charge in [0.2, 0.25) is 0 Å². The van der Waals surface area contributed by atoms with Crippen LogP contribution in [0.15, 0.2) is 16.5 Å². The Bertz CT molecular complexity index is 458. The maximum atomic E-state index is 12.0. The molecule has 0 radical (unpaired) electrons. The number of morpholine rings is 1. The molecule has 0 spiro atoms. The molecule has 18 heavy (non-hydrogen) atoms. The van der Waals surface area contributed by atoms with Crippen molar-refractivity contribution < 1.29 is 23.8 Å². The number of ether oxygens (including phenoxy) is 1. The first-order chi connectivity index (χ1) is 8.56. The summed E-state index contributed by atoms with van der Waals surface area (Å²) in [5.74, 6) is -1.10. The van der Waals surface area contributed by atoms with Crippen LogP contribution in [0.3, 0.4) is 0 Å². The molecule has 2 heterocycles. The Hall–Kier alpha value is -1.53. The van der Waals surface area contributed by atoms with Gasteiger partial charge in [0, 0.05) is 13.1 Å². The summed E-state index contributed by atoms with van der Waals surface area (Å²) in [7, 11) is 0. The number of amides is 1. The van der Waals surface area contributed by atoms with Crippen LogP contribution < -0.4 is 0 Å². The van der Waals surface area contributed by atoms with Gasteiger partial charge in [-0.15, -0.1) is 0 Å². The van der Waals surface area contributed by atoms with Crippen LogP contribution in [0, 0.1) is 0 Å². The number of hydrogen-bond donors (Lipinski definition) is 1. The highest BCUT2D eigenvalue weighted by Gasteiger charge is 2.27. The van der Waals surface area contributed by atoms with E-state index in [1.54, 1.807) is 0 Å². The molecule has 6 nitrogen and oxygen atoms in total. The van der Waals surface area contributed by atoms with Gasteiger partial charge in [-0.1, -0.05) is 0 Å². The number of carboxylic acid groups (broad SMARTS) is 1. The Kier molecular flexibility index (Phi) is 3.88. The fourth-order valence-corrected chi connectivity index (χ4v) is 1.95. The van der Waals surface area contributed by atoms with Crippen LogP contribution >= 0.6 is 11.6 Å². The van der Waals surface area contributed by atoms with Crippen molar-refractivity contribution in [3.05, 3.63) is 23.1 Å². The summed E-state index contributed by atoms with van der Waals surface area (Å²) in [5.41, 5.74) is 0. The van der Waals surface area contributed by atoms with Crippen LogP contribution in [-0.4, -0.2) is 47.7 Å². The molecule has 1 fully saturated rings. The smallest absolute Gasteiger partial charge is 0.306 e. The fraction of sp³-hybridized carbons (Fsp3) is 0.455. The largest absolute Gasteiger partial charge is 0.481 e. The number of carbonyl (C=O) groups is 2. The second-order valence-corrected chi connectivity index (χ2v) is 4.32. The molecule has 0 aromatic carbocycles. The van der Waals surface area contributed by atoms with Crippen molar-refractivity contribution in [3.8, 4) is 0 Å². The molecule has 7 heteroatoms. The first-order valence-electron chi connectivity index (χ1n) is 5.44. The third-order valence-electron chi connectivity index (χ3n) is 2.61. The lowest BCUT2D eigenvalue weighted by Gasteiger charge is -2.31. The number of halogens is 1. The van der Waals surface area contributed by atoms with Gasteiger partial charge in [-0.3, -0.25) is 9.59 Å². The van der Waals surface area contributed by atoms with E-state index in [9.17, 15) is 9.59 Å². The van der Waals surface area contributed by atoms with E-state index in [2.05, 4.69) is 0 Å². The van der Waals surface area contributed by atoms with Gasteiger partial charge in [0.1, 0.15) is 0 Å². The highest BCUT2D eigenvalue weighted by atomic mass is 35.5. The van der Waals surface area contributed by atoms with Gasteiger partial charge < -0.3 is 19.2 Å². The third kappa shape index (κ3) is 3.02. The van der Waals surface area contributed by atoms with Crippen LogP contribution in [0.2, 0.25) is 5.22 Å². The Morgan fingerprint density at radius 2 is 2.28 bits per heavy atom. The highest BCUT2D eigenvalue weighted by Crippen LogP contribution is 2.17. The van der Waals surface area contributed by atoms with Crippen LogP contribution in [0.1, 0.15) is 17.0 Å². The summed E-state index contributed by atoms with van der Waals surface area (Å²) in [6, 6.07) is 2.98. The van der Waals surface area contributed by atoms with Crippen molar-refractivity contribution in [2.24, 2.45) is 0 Å². The van der Waals surface area contributed by atoms with Gasteiger partial charge in [0.05, 0.1) is 19.1 Å². The first kappa shape index (κ1) is 12.9. The molecule has 1 atom stereocenters. The number of carboxylic acids is 1. The molecule has 98 valence electrons. The van der Waals surface area contributed by atoms with Gasteiger partial charge >= 0.3 is 5.97 Å². The number of aliphatic carboxylic acids is 1. The third-order valence-corrected chi connectivity index (χ3v) is 2.82. The van der Waals surface area contributed by atoms with Crippen molar-refractivity contribution in [1.29, 1.82) is 0 Å². The monoisotopic (exact) mass is 273 g/mol. The Labute approximate surface area is 108 Å². The molecule has 1 aliphatic rings. The minimum Gasteiger partial charge on any atom is -0.481 e. The van der Waals surface area contributed by atoms with Gasteiger partial charge in [-0.05, 0) is 23.7 Å². The molecular formula is C11H12ClNO5. The van der Waals surface area contributed by atoms with Gasteiger partial charge in [-0.25, -0.2) is 0 Å². The van der Waals surface area contributed by atoms with Gasteiger partial charge in [-0.2, -0.15) is 0 Å². The number of furan rings is 1. The molecule has 1 aromatic rings. The highest BCUT2D eigenvalue weighted by molar-refractivity contribution is 6.29. The van der Waals surface area contributed by atoms with Gasteiger partial charge in [0.25, 0.3) is 5.91 Å². The van der Waals surface area contributed by atoms with E-state index < -0.39 is 12.1 Å². The summed E-state index contributed by atoms with van der Waals surface area (Å²) in [6.07, 6.45) is -0.603. The van der Waals surface area contributed by atoms with Crippen LogP contribution in [0.4, 0.5) is 0 Å². The number of rotatable bonds is 3. The van der Waals surface area contributed by atoms with E-state index in [1.807, 2.05) is 0 Å². The van der Waals surface area contributed by atoms with Crippen molar-refractivity contribution in [3.63, 3.8) is 0 Å². The van der Waals surface area contributed by atoms with E-state index >= 15 is 0 Å². The quantitative estimate of drug-likeness (QED) is 0.896. The lowest BCUT2D eigenvalue weighted by molar-refractivity contribution is -0.141. The average molecular weight is 274 g/mol. The number of carbonyl (C=O) groups excluding carboxylic acids is 1. The van der Waals surface area contributed by atoms with Gasteiger partial charge in [0.15, 0.2) is 11.0 Å². The second kappa shape index (κ2) is 5.41. The molecule has 0 saturated carbocycles. The molecule has 1 amide bonds. The van der Waals surface area contributed by atoms with Crippen LogP contribution in [0.5, 0.6) is 0 Å². The zero-order chi connectivity index (χ0) is 13.1. The molecule has 0 aliphatic carbocycles. The van der Waals surface area contributed by atoms with E-state index in [-0.39, 0.29) is 29.9 Å². The normalized spacial score (nSPS) is 19.8. The maximum Gasteiger partial charge on any atom is 0.306 e. The lowest BCUT2D eigenvalue weighted by Crippen LogP contribution is -2.46. The minimum atomic E-state index is -0.949. The van der Waals surface area contributed by atoms with E-state index in [0.29, 0.717) is 13.2 Å². The fourth-order valence-electron chi connectivity index (χ4n) is 1.81.